The zero-order valence-electron chi connectivity index (χ0n) is 13.0. The number of carbonyl (C=O) groups excluding carboxylic acids is 2. The van der Waals surface area contributed by atoms with Gasteiger partial charge in [0.15, 0.2) is 0 Å². The van der Waals surface area contributed by atoms with Crippen molar-refractivity contribution in [2.24, 2.45) is 5.41 Å². The van der Waals surface area contributed by atoms with Crippen molar-refractivity contribution >= 4 is 11.9 Å². The lowest BCUT2D eigenvalue weighted by Crippen LogP contribution is -2.18. The van der Waals surface area contributed by atoms with E-state index in [1.165, 1.54) is 44.9 Å². The zero-order chi connectivity index (χ0) is 14.8. The van der Waals surface area contributed by atoms with Crippen molar-refractivity contribution in [3.8, 4) is 0 Å². The van der Waals surface area contributed by atoms with E-state index in [2.05, 4.69) is 11.7 Å². The summed E-state index contributed by atoms with van der Waals surface area (Å²) in [4.78, 5) is 22.6. The van der Waals surface area contributed by atoms with Gasteiger partial charge in [-0.05, 0) is 19.8 Å². The number of rotatable bonds is 10. The molecular formula is C17H28O3. The fourth-order valence-electron chi connectivity index (χ4n) is 2.49. The van der Waals surface area contributed by atoms with Crippen molar-refractivity contribution in [3.05, 3.63) is 12.2 Å². The van der Waals surface area contributed by atoms with E-state index in [-0.39, 0.29) is 6.42 Å². The van der Waals surface area contributed by atoms with Gasteiger partial charge in [-0.3, -0.25) is 9.59 Å². The van der Waals surface area contributed by atoms with Crippen molar-refractivity contribution in [2.45, 2.75) is 78.1 Å². The fourth-order valence-corrected chi connectivity index (χ4v) is 2.49. The molecule has 1 rings (SSSR count). The number of carbonyl (C=O) groups is 2. The number of allylic oxidation sites excluding steroid dienone is 1. The van der Waals surface area contributed by atoms with Crippen molar-refractivity contribution in [2.75, 3.05) is 0 Å². The molecule has 1 atom stereocenters. The van der Waals surface area contributed by atoms with Gasteiger partial charge in [-0.25, -0.2) is 0 Å². The Bertz CT molecular complexity index is 346. The molecule has 20 heavy (non-hydrogen) atoms. The highest BCUT2D eigenvalue weighted by atomic mass is 16.6. The van der Waals surface area contributed by atoms with Crippen LogP contribution >= 0.6 is 0 Å². The molecule has 3 heteroatoms. The van der Waals surface area contributed by atoms with E-state index >= 15 is 0 Å². The van der Waals surface area contributed by atoms with Gasteiger partial charge in [-0.1, -0.05) is 64.0 Å². The summed E-state index contributed by atoms with van der Waals surface area (Å²) in [5, 5.41) is 0. The molecule has 0 spiro atoms. The number of cyclic esters (lactones) is 2. The van der Waals surface area contributed by atoms with Crippen molar-refractivity contribution in [1.29, 1.82) is 0 Å². The van der Waals surface area contributed by atoms with Gasteiger partial charge in [0.25, 0.3) is 0 Å². The molecule has 0 saturated carbocycles. The molecule has 1 heterocycles. The molecule has 114 valence electrons. The predicted octanol–water partition coefficient (Wildman–Crippen LogP) is 4.55. The summed E-state index contributed by atoms with van der Waals surface area (Å²) in [6.45, 7) is 4.00. The lowest BCUT2D eigenvalue weighted by molar-refractivity contribution is -0.154. The molecule has 0 aromatic heterocycles. The standard InChI is InChI=1S/C17H28O3/c1-3-4-5-6-7-8-9-10-11-12-13-17(2)14-15(18)20-16(17)19/h12-13H,3-11,14H2,1-2H3. The number of unbranched alkanes of at least 4 members (excludes halogenated alkanes) is 8. The maximum Gasteiger partial charge on any atom is 0.323 e. The average Bonchev–Trinajstić information content (AvgIpc) is 2.65. The van der Waals surface area contributed by atoms with Crippen molar-refractivity contribution in [1.82, 2.24) is 0 Å². The molecular weight excluding hydrogens is 252 g/mol. The van der Waals surface area contributed by atoms with Crippen LogP contribution in [0.1, 0.15) is 78.1 Å². The van der Waals surface area contributed by atoms with Crippen LogP contribution in [0.3, 0.4) is 0 Å². The molecule has 1 aliphatic rings. The Morgan fingerprint density at radius 1 is 1.05 bits per heavy atom. The molecule has 0 N–H and O–H groups in total. The second-order valence-electron chi connectivity index (χ2n) is 6.02. The van der Waals surface area contributed by atoms with Gasteiger partial charge < -0.3 is 4.74 Å². The maximum absolute atomic E-state index is 11.5. The van der Waals surface area contributed by atoms with E-state index in [1.807, 2.05) is 12.2 Å². The smallest absolute Gasteiger partial charge is 0.323 e. The highest BCUT2D eigenvalue weighted by Gasteiger charge is 2.42. The van der Waals surface area contributed by atoms with Crippen LogP contribution in [0.15, 0.2) is 12.2 Å². The number of ether oxygens (including phenoxy) is 1. The largest absolute Gasteiger partial charge is 0.392 e. The van der Waals surface area contributed by atoms with E-state index in [0.29, 0.717) is 0 Å². The van der Waals surface area contributed by atoms with Gasteiger partial charge in [0, 0.05) is 0 Å². The SMILES string of the molecule is CCCCCCCCCCC=CC1(C)CC(=O)OC1=O. The van der Waals surface area contributed by atoms with Crippen LogP contribution in [-0.2, 0) is 14.3 Å². The molecule has 0 bridgehead atoms. The Balaban J connectivity index is 2.05. The Hall–Kier alpha value is -1.12. The van der Waals surface area contributed by atoms with E-state index in [4.69, 9.17) is 0 Å². The summed E-state index contributed by atoms with van der Waals surface area (Å²) >= 11 is 0. The highest BCUT2D eigenvalue weighted by Crippen LogP contribution is 2.31. The van der Waals surface area contributed by atoms with Crippen molar-refractivity contribution < 1.29 is 14.3 Å². The summed E-state index contributed by atoms with van der Waals surface area (Å²) < 4.78 is 4.59. The first-order valence-electron chi connectivity index (χ1n) is 8.01. The monoisotopic (exact) mass is 280 g/mol. The van der Waals surface area contributed by atoms with E-state index in [0.717, 1.165) is 12.8 Å². The third-order valence-corrected chi connectivity index (χ3v) is 3.89. The van der Waals surface area contributed by atoms with Gasteiger partial charge in [-0.2, -0.15) is 0 Å². The van der Waals surface area contributed by atoms with E-state index in [9.17, 15) is 9.59 Å². The third kappa shape index (κ3) is 5.89. The van der Waals surface area contributed by atoms with E-state index < -0.39 is 17.4 Å². The van der Waals surface area contributed by atoms with Crippen LogP contribution in [-0.4, -0.2) is 11.9 Å². The molecule has 1 fully saturated rings. The van der Waals surface area contributed by atoms with Crippen LogP contribution in [0.4, 0.5) is 0 Å². The molecule has 0 aliphatic carbocycles. The number of esters is 2. The zero-order valence-corrected chi connectivity index (χ0v) is 13.0. The van der Waals surface area contributed by atoms with Gasteiger partial charge in [-0.15, -0.1) is 0 Å². The van der Waals surface area contributed by atoms with Crippen molar-refractivity contribution in [3.63, 3.8) is 0 Å². The summed E-state index contributed by atoms with van der Waals surface area (Å²) in [7, 11) is 0. The summed E-state index contributed by atoms with van der Waals surface area (Å²) in [5.74, 6) is -0.816. The summed E-state index contributed by atoms with van der Waals surface area (Å²) in [6.07, 6.45) is 15.5. The van der Waals surface area contributed by atoms with E-state index in [1.54, 1.807) is 6.92 Å². The minimum Gasteiger partial charge on any atom is -0.392 e. The molecule has 1 saturated heterocycles. The first-order valence-corrected chi connectivity index (χ1v) is 8.01. The molecule has 3 nitrogen and oxygen atoms in total. The van der Waals surface area contributed by atoms with Crippen LogP contribution < -0.4 is 0 Å². The van der Waals surface area contributed by atoms with Gasteiger partial charge >= 0.3 is 11.9 Å². The molecule has 1 aliphatic heterocycles. The Morgan fingerprint density at radius 3 is 2.20 bits per heavy atom. The second kappa shape index (κ2) is 8.93. The first-order chi connectivity index (χ1) is 9.58. The predicted molar refractivity (Wildman–Crippen MR) is 80.2 cm³/mol. The minimum atomic E-state index is -0.725. The third-order valence-electron chi connectivity index (χ3n) is 3.89. The van der Waals surface area contributed by atoms with Crippen LogP contribution in [0, 0.1) is 5.41 Å². The Kier molecular flexibility index (Phi) is 7.56. The van der Waals surface area contributed by atoms with Crippen LogP contribution in [0.25, 0.3) is 0 Å². The molecule has 0 radical (unpaired) electrons. The fraction of sp³-hybridized carbons (Fsp3) is 0.765. The minimum absolute atomic E-state index is 0.180. The van der Waals surface area contributed by atoms with Gasteiger partial charge in [0.1, 0.15) is 0 Å². The lowest BCUT2D eigenvalue weighted by Gasteiger charge is -2.11. The Labute approximate surface area is 122 Å². The normalized spacial score (nSPS) is 22.7. The number of hydrogen-bond acceptors (Lipinski definition) is 3. The van der Waals surface area contributed by atoms with Gasteiger partial charge in [0.05, 0.1) is 11.8 Å². The molecule has 0 aromatic carbocycles. The molecule has 0 aromatic rings. The summed E-state index contributed by atoms with van der Waals surface area (Å²) in [6, 6.07) is 0. The topological polar surface area (TPSA) is 43.4 Å². The number of hydrogen-bond donors (Lipinski definition) is 0. The Morgan fingerprint density at radius 2 is 1.65 bits per heavy atom. The van der Waals surface area contributed by atoms with Gasteiger partial charge in [0.2, 0.25) is 0 Å². The molecule has 0 amide bonds. The lowest BCUT2D eigenvalue weighted by atomic mass is 9.88. The summed E-state index contributed by atoms with van der Waals surface area (Å²) in [5.41, 5.74) is -0.725. The maximum atomic E-state index is 11.5. The van der Waals surface area contributed by atoms with Crippen LogP contribution in [0.2, 0.25) is 0 Å². The second-order valence-corrected chi connectivity index (χ2v) is 6.02. The average molecular weight is 280 g/mol. The quantitative estimate of drug-likeness (QED) is 0.255. The van der Waals surface area contributed by atoms with Crippen LogP contribution in [0.5, 0.6) is 0 Å². The first kappa shape index (κ1) is 16.9. The highest BCUT2D eigenvalue weighted by molar-refractivity contribution is 5.98. The molecule has 1 unspecified atom stereocenters.